The van der Waals surface area contributed by atoms with Crippen LogP contribution in [0.15, 0.2) is 24.3 Å². The van der Waals surface area contributed by atoms with Crippen molar-refractivity contribution in [2.24, 2.45) is 5.92 Å². The maximum atomic E-state index is 12.6. The van der Waals surface area contributed by atoms with Crippen molar-refractivity contribution < 1.29 is 14.7 Å². The smallest absolute Gasteiger partial charge is 0.303 e. The van der Waals surface area contributed by atoms with Crippen LogP contribution in [0.1, 0.15) is 63.0 Å². The summed E-state index contributed by atoms with van der Waals surface area (Å²) in [7, 11) is 0. The van der Waals surface area contributed by atoms with Crippen LogP contribution in [0.2, 0.25) is 0 Å². The lowest BCUT2D eigenvalue weighted by Crippen LogP contribution is -2.40. The van der Waals surface area contributed by atoms with Gasteiger partial charge in [0.05, 0.1) is 0 Å². The number of aliphatic carboxylic acids is 1. The van der Waals surface area contributed by atoms with Crippen LogP contribution in [0, 0.1) is 5.92 Å². The third-order valence-electron chi connectivity index (χ3n) is 5.08. The minimum atomic E-state index is -0.748. The van der Waals surface area contributed by atoms with Gasteiger partial charge in [-0.3, -0.25) is 9.59 Å². The second-order valence-electron chi connectivity index (χ2n) is 6.98. The van der Waals surface area contributed by atoms with Gasteiger partial charge < -0.3 is 10.0 Å². The molecule has 1 aliphatic rings. The van der Waals surface area contributed by atoms with E-state index in [4.69, 9.17) is 5.11 Å². The van der Waals surface area contributed by atoms with Crippen LogP contribution in [-0.4, -0.2) is 35.0 Å². The van der Waals surface area contributed by atoms with Crippen molar-refractivity contribution in [1.29, 1.82) is 0 Å². The van der Waals surface area contributed by atoms with Gasteiger partial charge in [0.25, 0.3) is 0 Å². The molecule has 2 unspecified atom stereocenters. The van der Waals surface area contributed by atoms with Crippen LogP contribution in [0.25, 0.3) is 0 Å². The summed E-state index contributed by atoms with van der Waals surface area (Å²) in [4.78, 5) is 25.3. The Morgan fingerprint density at radius 1 is 1.29 bits per heavy atom. The number of carbonyl (C=O) groups is 2. The molecule has 0 spiro atoms. The molecule has 1 aromatic rings. The standard InChI is InChI=1S/C20H29NO3/c1-3-16-6-9-18(10-7-16)15(2)13-19(22)21-12-4-5-17(14-21)8-11-20(23)24/h6-7,9-10,15,17H,3-5,8,11-14H2,1-2H3,(H,23,24). The summed E-state index contributed by atoms with van der Waals surface area (Å²) in [5.41, 5.74) is 2.52. The number of carboxylic acids is 1. The largest absolute Gasteiger partial charge is 0.481 e. The zero-order valence-electron chi connectivity index (χ0n) is 14.8. The van der Waals surface area contributed by atoms with E-state index in [0.29, 0.717) is 25.3 Å². The number of piperidine rings is 1. The molecule has 0 saturated carbocycles. The zero-order valence-corrected chi connectivity index (χ0v) is 14.8. The van der Waals surface area contributed by atoms with Gasteiger partial charge in [0.1, 0.15) is 0 Å². The van der Waals surface area contributed by atoms with Crippen molar-refractivity contribution in [2.45, 2.75) is 58.3 Å². The molecule has 1 heterocycles. The summed E-state index contributed by atoms with van der Waals surface area (Å²) < 4.78 is 0. The summed E-state index contributed by atoms with van der Waals surface area (Å²) in [6, 6.07) is 8.53. The maximum absolute atomic E-state index is 12.6. The number of carboxylic acid groups (broad SMARTS) is 1. The number of benzene rings is 1. The number of rotatable bonds is 7. The molecule has 132 valence electrons. The van der Waals surface area contributed by atoms with E-state index in [9.17, 15) is 9.59 Å². The van der Waals surface area contributed by atoms with E-state index in [0.717, 1.165) is 25.8 Å². The molecule has 0 radical (unpaired) electrons. The second-order valence-corrected chi connectivity index (χ2v) is 6.98. The Bertz CT molecular complexity index is 553. The minimum absolute atomic E-state index is 0.196. The molecule has 2 atom stereocenters. The Morgan fingerprint density at radius 3 is 2.62 bits per heavy atom. The predicted octanol–water partition coefficient (Wildman–Crippen LogP) is 3.85. The summed E-state index contributed by atoms with van der Waals surface area (Å²) in [5, 5.41) is 8.82. The van der Waals surface area contributed by atoms with Crippen molar-refractivity contribution in [2.75, 3.05) is 13.1 Å². The van der Waals surface area contributed by atoms with Crippen LogP contribution in [0.3, 0.4) is 0 Å². The SMILES string of the molecule is CCc1ccc(C(C)CC(=O)N2CCCC(CCC(=O)O)C2)cc1. The predicted molar refractivity (Wildman–Crippen MR) is 95.0 cm³/mol. The molecular weight excluding hydrogens is 302 g/mol. The highest BCUT2D eigenvalue weighted by atomic mass is 16.4. The quantitative estimate of drug-likeness (QED) is 0.826. The topological polar surface area (TPSA) is 57.6 Å². The molecule has 1 saturated heterocycles. The van der Waals surface area contributed by atoms with E-state index >= 15 is 0 Å². The molecule has 0 aromatic heterocycles. The highest BCUT2D eigenvalue weighted by Crippen LogP contribution is 2.25. The average molecular weight is 331 g/mol. The molecule has 1 aliphatic heterocycles. The first-order valence-electron chi connectivity index (χ1n) is 9.08. The third-order valence-corrected chi connectivity index (χ3v) is 5.08. The van der Waals surface area contributed by atoms with Crippen LogP contribution >= 0.6 is 0 Å². The minimum Gasteiger partial charge on any atom is -0.481 e. The van der Waals surface area contributed by atoms with Crippen molar-refractivity contribution in [3.8, 4) is 0 Å². The van der Waals surface area contributed by atoms with Crippen LogP contribution < -0.4 is 0 Å². The second kappa shape index (κ2) is 8.86. The van der Waals surface area contributed by atoms with E-state index in [2.05, 4.69) is 38.1 Å². The summed E-state index contributed by atoms with van der Waals surface area (Å²) in [5.74, 6) is -0.00885. The zero-order chi connectivity index (χ0) is 17.5. The lowest BCUT2D eigenvalue weighted by atomic mass is 9.91. The number of hydrogen-bond acceptors (Lipinski definition) is 2. The number of hydrogen-bond donors (Lipinski definition) is 1. The number of nitrogens with zero attached hydrogens (tertiary/aromatic N) is 1. The number of likely N-dealkylation sites (tertiary alicyclic amines) is 1. The monoisotopic (exact) mass is 331 g/mol. The Hall–Kier alpha value is -1.84. The fourth-order valence-corrected chi connectivity index (χ4v) is 3.45. The lowest BCUT2D eigenvalue weighted by molar-refractivity contribution is -0.137. The van der Waals surface area contributed by atoms with Crippen molar-refractivity contribution in [3.63, 3.8) is 0 Å². The van der Waals surface area contributed by atoms with E-state index in [1.165, 1.54) is 11.1 Å². The fraction of sp³-hybridized carbons (Fsp3) is 0.600. The molecule has 2 rings (SSSR count). The molecule has 0 bridgehead atoms. The average Bonchev–Trinajstić information content (AvgIpc) is 2.60. The van der Waals surface area contributed by atoms with Gasteiger partial charge in [-0.25, -0.2) is 0 Å². The van der Waals surface area contributed by atoms with Gasteiger partial charge in [0.15, 0.2) is 0 Å². The number of amides is 1. The highest BCUT2D eigenvalue weighted by molar-refractivity contribution is 5.77. The van der Waals surface area contributed by atoms with Crippen LogP contribution in [0.4, 0.5) is 0 Å². The first-order valence-corrected chi connectivity index (χ1v) is 9.08. The van der Waals surface area contributed by atoms with Gasteiger partial charge in [-0.2, -0.15) is 0 Å². The van der Waals surface area contributed by atoms with Crippen molar-refractivity contribution >= 4 is 11.9 Å². The molecule has 1 fully saturated rings. The third kappa shape index (κ3) is 5.36. The molecule has 0 aliphatic carbocycles. The maximum Gasteiger partial charge on any atom is 0.303 e. The summed E-state index contributed by atoms with van der Waals surface area (Å²) >= 11 is 0. The molecule has 1 N–H and O–H groups in total. The van der Waals surface area contributed by atoms with Gasteiger partial charge >= 0.3 is 5.97 Å². The summed E-state index contributed by atoms with van der Waals surface area (Å²) in [6.07, 6.45) is 4.44. The lowest BCUT2D eigenvalue weighted by Gasteiger charge is -2.33. The molecule has 4 heteroatoms. The van der Waals surface area contributed by atoms with Gasteiger partial charge in [0, 0.05) is 25.9 Å². The number of aryl methyl sites for hydroxylation is 1. The Balaban J connectivity index is 1.87. The molecule has 1 aromatic carbocycles. The first kappa shape index (κ1) is 18.5. The number of carbonyl (C=O) groups excluding carboxylic acids is 1. The molecular formula is C20H29NO3. The first-order chi connectivity index (χ1) is 11.5. The van der Waals surface area contributed by atoms with E-state index in [1.807, 2.05) is 4.90 Å². The van der Waals surface area contributed by atoms with Crippen molar-refractivity contribution in [1.82, 2.24) is 4.90 Å². The van der Waals surface area contributed by atoms with Crippen LogP contribution in [-0.2, 0) is 16.0 Å². The normalized spacial score (nSPS) is 19.1. The Kier molecular flexibility index (Phi) is 6.83. The fourth-order valence-electron chi connectivity index (χ4n) is 3.45. The Morgan fingerprint density at radius 2 is 2.00 bits per heavy atom. The van der Waals surface area contributed by atoms with E-state index < -0.39 is 5.97 Å². The van der Waals surface area contributed by atoms with Crippen molar-refractivity contribution in [3.05, 3.63) is 35.4 Å². The van der Waals surface area contributed by atoms with Gasteiger partial charge in [0.2, 0.25) is 5.91 Å². The van der Waals surface area contributed by atoms with Gasteiger partial charge in [-0.05, 0) is 48.6 Å². The summed E-state index contributed by atoms with van der Waals surface area (Å²) in [6.45, 7) is 5.77. The molecule has 24 heavy (non-hydrogen) atoms. The van der Waals surface area contributed by atoms with Gasteiger partial charge in [-0.15, -0.1) is 0 Å². The highest BCUT2D eigenvalue weighted by Gasteiger charge is 2.25. The van der Waals surface area contributed by atoms with E-state index in [-0.39, 0.29) is 18.2 Å². The molecule has 1 amide bonds. The van der Waals surface area contributed by atoms with Gasteiger partial charge in [-0.1, -0.05) is 38.1 Å². The van der Waals surface area contributed by atoms with Crippen LogP contribution in [0.5, 0.6) is 0 Å². The van der Waals surface area contributed by atoms with E-state index in [1.54, 1.807) is 0 Å². The molecule has 4 nitrogen and oxygen atoms in total. The Labute approximate surface area is 144 Å².